The number of halogens is 3. The lowest BCUT2D eigenvalue weighted by molar-refractivity contribution is 0.385. The molecule has 0 saturated heterocycles. The molecule has 2 aromatic rings. The number of rotatable bonds is 2. The molecule has 2 rings (SSSR count). The molecule has 0 atom stereocenters. The molecule has 0 bridgehead atoms. The Morgan fingerprint density at radius 1 is 1.00 bits per heavy atom. The van der Waals surface area contributed by atoms with Gasteiger partial charge in [-0.1, -0.05) is 18.2 Å². The minimum Gasteiger partial charge on any atom is -0.439 e. The van der Waals surface area contributed by atoms with Gasteiger partial charge in [0.1, 0.15) is 5.75 Å². The van der Waals surface area contributed by atoms with Gasteiger partial charge < -0.3 is 4.74 Å². The highest BCUT2D eigenvalue weighted by Crippen LogP contribution is 2.26. The van der Waals surface area contributed by atoms with Gasteiger partial charge in [0.2, 0.25) is 11.7 Å². The second-order valence-electron chi connectivity index (χ2n) is 3.38. The van der Waals surface area contributed by atoms with Crippen LogP contribution in [0, 0.1) is 24.5 Å². The third kappa shape index (κ3) is 2.22. The molecule has 0 N–H and O–H groups in total. The predicted octanol–water partition coefficient (Wildman–Crippen LogP) is 3.60. The van der Waals surface area contributed by atoms with Crippen LogP contribution in [-0.2, 0) is 0 Å². The summed E-state index contributed by atoms with van der Waals surface area (Å²) in [7, 11) is 0. The second-order valence-corrected chi connectivity index (χ2v) is 3.38. The van der Waals surface area contributed by atoms with Crippen LogP contribution < -0.4 is 4.74 Å². The zero-order valence-electron chi connectivity index (χ0n) is 8.88. The number of hydrogen-bond donors (Lipinski definition) is 0. The zero-order chi connectivity index (χ0) is 12.4. The second kappa shape index (κ2) is 4.45. The molecule has 0 aliphatic rings. The Bertz CT molecular complexity index is 543. The highest BCUT2D eigenvalue weighted by Gasteiger charge is 2.18. The maximum absolute atomic E-state index is 13.2. The van der Waals surface area contributed by atoms with E-state index < -0.39 is 17.6 Å². The Morgan fingerprint density at radius 3 is 2.29 bits per heavy atom. The van der Waals surface area contributed by atoms with Gasteiger partial charge in [0.25, 0.3) is 5.95 Å². The van der Waals surface area contributed by atoms with Gasteiger partial charge in [-0.2, -0.15) is 13.8 Å². The van der Waals surface area contributed by atoms with E-state index in [0.717, 1.165) is 0 Å². The molecule has 1 aromatic heterocycles. The van der Waals surface area contributed by atoms with Crippen molar-refractivity contribution in [3.05, 3.63) is 53.5 Å². The third-order valence-corrected chi connectivity index (χ3v) is 2.18. The minimum atomic E-state index is -1.59. The van der Waals surface area contributed by atoms with E-state index in [1.54, 1.807) is 30.3 Å². The van der Waals surface area contributed by atoms with Gasteiger partial charge in [-0.15, -0.1) is 0 Å². The van der Waals surface area contributed by atoms with Gasteiger partial charge >= 0.3 is 0 Å². The molecule has 0 saturated carbocycles. The van der Waals surface area contributed by atoms with Crippen LogP contribution >= 0.6 is 0 Å². The first kappa shape index (κ1) is 11.4. The Labute approximate surface area is 95.7 Å². The molecule has 0 amide bonds. The number of para-hydroxylation sites is 1. The maximum atomic E-state index is 13.2. The summed E-state index contributed by atoms with van der Waals surface area (Å²) in [5, 5.41) is 0. The smallest absolute Gasteiger partial charge is 0.255 e. The summed E-state index contributed by atoms with van der Waals surface area (Å²) in [6.45, 7) is 1.27. The number of pyridine rings is 1. The number of benzene rings is 1. The van der Waals surface area contributed by atoms with E-state index in [0.29, 0.717) is 5.75 Å². The van der Waals surface area contributed by atoms with Gasteiger partial charge in [0.05, 0.1) is 5.56 Å². The highest BCUT2D eigenvalue weighted by atomic mass is 19.2. The fourth-order valence-corrected chi connectivity index (χ4v) is 1.27. The zero-order valence-corrected chi connectivity index (χ0v) is 8.88. The van der Waals surface area contributed by atoms with Crippen LogP contribution in [0.1, 0.15) is 5.56 Å². The first-order valence-corrected chi connectivity index (χ1v) is 4.83. The molecule has 0 radical (unpaired) electrons. The van der Waals surface area contributed by atoms with E-state index in [9.17, 15) is 13.2 Å². The molecule has 0 unspecified atom stereocenters. The van der Waals surface area contributed by atoms with Crippen molar-refractivity contribution in [1.29, 1.82) is 0 Å². The summed E-state index contributed by atoms with van der Waals surface area (Å²) >= 11 is 0. The molecule has 88 valence electrons. The van der Waals surface area contributed by atoms with Crippen LogP contribution in [0.2, 0.25) is 0 Å². The summed E-state index contributed by atoms with van der Waals surface area (Å²) in [5.74, 6) is -4.31. The van der Waals surface area contributed by atoms with E-state index in [1.807, 2.05) is 0 Å². The standard InChI is InChI=1S/C12H8F3NO/c1-7-9(13)10(14)11(15)16-12(7)17-8-5-3-2-4-6-8/h2-6H,1H3. The number of nitrogens with zero attached hydrogens (tertiary/aromatic N) is 1. The molecule has 0 fully saturated rings. The third-order valence-electron chi connectivity index (χ3n) is 2.18. The Kier molecular flexibility index (Phi) is 2.99. The fraction of sp³-hybridized carbons (Fsp3) is 0.0833. The summed E-state index contributed by atoms with van der Waals surface area (Å²) in [5.41, 5.74) is -0.173. The van der Waals surface area contributed by atoms with Crippen LogP contribution in [0.25, 0.3) is 0 Å². The largest absolute Gasteiger partial charge is 0.439 e. The minimum absolute atomic E-state index is 0.173. The van der Waals surface area contributed by atoms with Crippen molar-refractivity contribution in [2.45, 2.75) is 6.92 Å². The van der Waals surface area contributed by atoms with Crippen molar-refractivity contribution in [2.24, 2.45) is 0 Å². The Hall–Kier alpha value is -2.04. The summed E-state index contributed by atoms with van der Waals surface area (Å²) in [6.07, 6.45) is 0. The van der Waals surface area contributed by atoms with Gasteiger partial charge in [0.15, 0.2) is 5.82 Å². The van der Waals surface area contributed by atoms with Crippen molar-refractivity contribution in [3.8, 4) is 11.6 Å². The fourth-order valence-electron chi connectivity index (χ4n) is 1.27. The molecule has 0 aliphatic carbocycles. The van der Waals surface area contributed by atoms with Gasteiger partial charge in [-0.05, 0) is 19.1 Å². The van der Waals surface area contributed by atoms with Crippen LogP contribution in [0.5, 0.6) is 11.6 Å². The van der Waals surface area contributed by atoms with Crippen LogP contribution in [0.15, 0.2) is 30.3 Å². The lowest BCUT2D eigenvalue weighted by Crippen LogP contribution is -2.02. The van der Waals surface area contributed by atoms with Crippen molar-refractivity contribution >= 4 is 0 Å². The summed E-state index contributed by atoms with van der Waals surface area (Å²) in [6, 6.07) is 8.35. The van der Waals surface area contributed by atoms with Crippen LogP contribution in [-0.4, -0.2) is 4.98 Å². The SMILES string of the molecule is Cc1c(Oc2ccccc2)nc(F)c(F)c1F. The average Bonchev–Trinajstić information content (AvgIpc) is 2.35. The normalized spacial score (nSPS) is 10.4. The molecule has 1 heterocycles. The highest BCUT2D eigenvalue weighted by molar-refractivity contribution is 5.32. The first-order chi connectivity index (χ1) is 8.09. The molecule has 5 heteroatoms. The lowest BCUT2D eigenvalue weighted by atomic mass is 10.3. The summed E-state index contributed by atoms with van der Waals surface area (Å²) in [4.78, 5) is 3.22. The molecular weight excluding hydrogens is 231 g/mol. The topological polar surface area (TPSA) is 22.1 Å². The van der Waals surface area contributed by atoms with E-state index in [-0.39, 0.29) is 11.4 Å². The molecular formula is C12H8F3NO. The number of aromatic nitrogens is 1. The first-order valence-electron chi connectivity index (χ1n) is 4.83. The Balaban J connectivity index is 2.41. The Morgan fingerprint density at radius 2 is 1.65 bits per heavy atom. The van der Waals surface area contributed by atoms with Gasteiger partial charge in [0, 0.05) is 0 Å². The number of ether oxygens (including phenoxy) is 1. The molecule has 1 aromatic carbocycles. The van der Waals surface area contributed by atoms with Crippen LogP contribution in [0.4, 0.5) is 13.2 Å². The van der Waals surface area contributed by atoms with E-state index >= 15 is 0 Å². The van der Waals surface area contributed by atoms with E-state index in [1.165, 1.54) is 6.92 Å². The maximum Gasteiger partial charge on any atom is 0.255 e. The molecule has 17 heavy (non-hydrogen) atoms. The van der Waals surface area contributed by atoms with E-state index in [2.05, 4.69) is 4.98 Å². The quantitative estimate of drug-likeness (QED) is 0.747. The molecule has 2 nitrogen and oxygen atoms in total. The van der Waals surface area contributed by atoms with Crippen molar-refractivity contribution < 1.29 is 17.9 Å². The number of hydrogen-bond acceptors (Lipinski definition) is 2. The van der Waals surface area contributed by atoms with Crippen molar-refractivity contribution in [1.82, 2.24) is 4.98 Å². The molecule has 0 aliphatic heterocycles. The monoisotopic (exact) mass is 239 g/mol. The van der Waals surface area contributed by atoms with Crippen molar-refractivity contribution in [2.75, 3.05) is 0 Å². The van der Waals surface area contributed by atoms with Gasteiger partial charge in [-0.25, -0.2) is 4.39 Å². The lowest BCUT2D eigenvalue weighted by Gasteiger charge is -2.08. The van der Waals surface area contributed by atoms with Crippen molar-refractivity contribution in [3.63, 3.8) is 0 Å². The average molecular weight is 239 g/mol. The molecule has 0 spiro atoms. The van der Waals surface area contributed by atoms with E-state index in [4.69, 9.17) is 4.74 Å². The van der Waals surface area contributed by atoms with Crippen LogP contribution in [0.3, 0.4) is 0 Å². The van der Waals surface area contributed by atoms with Gasteiger partial charge in [-0.3, -0.25) is 0 Å². The summed E-state index contributed by atoms with van der Waals surface area (Å²) < 4.78 is 44.1. The predicted molar refractivity (Wildman–Crippen MR) is 55.4 cm³/mol.